The lowest BCUT2D eigenvalue weighted by Gasteiger charge is -2.13. The molecule has 2 unspecified atom stereocenters. The quantitative estimate of drug-likeness (QED) is 0.831. The number of carbonyl (C=O) groups excluding carboxylic acids is 1. The molecule has 1 aromatic carbocycles. The molecule has 1 aromatic rings. The van der Waals surface area contributed by atoms with Gasteiger partial charge < -0.3 is 10.4 Å². The Balaban J connectivity index is 2.48. The van der Waals surface area contributed by atoms with Gasteiger partial charge in [0.1, 0.15) is 0 Å². The summed E-state index contributed by atoms with van der Waals surface area (Å²) < 4.78 is 0. The molecule has 0 aromatic heterocycles. The van der Waals surface area contributed by atoms with Crippen molar-refractivity contribution in [2.75, 3.05) is 5.32 Å². The third kappa shape index (κ3) is 1.55. The first-order chi connectivity index (χ1) is 7.52. The van der Waals surface area contributed by atoms with Crippen LogP contribution in [0.4, 0.5) is 5.69 Å². The molecule has 0 aliphatic carbocycles. The summed E-state index contributed by atoms with van der Waals surface area (Å²) >= 11 is 5.92. The van der Waals surface area contributed by atoms with Crippen molar-refractivity contribution in [1.29, 1.82) is 0 Å². The molecule has 84 valence electrons. The van der Waals surface area contributed by atoms with E-state index in [4.69, 9.17) is 16.7 Å². The maximum Gasteiger partial charge on any atom is 0.307 e. The highest BCUT2D eigenvalue weighted by molar-refractivity contribution is 6.34. The summed E-state index contributed by atoms with van der Waals surface area (Å²) in [6, 6.07) is 5.10. The topological polar surface area (TPSA) is 66.4 Å². The van der Waals surface area contributed by atoms with E-state index >= 15 is 0 Å². The zero-order valence-electron chi connectivity index (χ0n) is 8.53. The van der Waals surface area contributed by atoms with E-state index < -0.39 is 17.8 Å². The second-order valence-corrected chi connectivity index (χ2v) is 4.21. The van der Waals surface area contributed by atoms with E-state index in [0.29, 0.717) is 16.3 Å². The van der Waals surface area contributed by atoms with Gasteiger partial charge in [0.05, 0.1) is 22.5 Å². The highest BCUT2D eigenvalue weighted by Crippen LogP contribution is 2.41. The average Bonchev–Trinajstić information content (AvgIpc) is 2.55. The van der Waals surface area contributed by atoms with Gasteiger partial charge in [-0.05, 0) is 11.6 Å². The molecule has 5 heteroatoms. The highest BCUT2D eigenvalue weighted by atomic mass is 35.5. The molecule has 0 saturated heterocycles. The summed E-state index contributed by atoms with van der Waals surface area (Å²) in [7, 11) is 0. The molecule has 0 bridgehead atoms. The normalized spacial score (nSPS) is 20.1. The molecular weight excluding hydrogens is 230 g/mol. The first-order valence-electron chi connectivity index (χ1n) is 4.84. The molecule has 2 atom stereocenters. The summed E-state index contributed by atoms with van der Waals surface area (Å²) in [5, 5.41) is 12.0. The van der Waals surface area contributed by atoms with Crippen LogP contribution in [-0.4, -0.2) is 17.0 Å². The molecular formula is C11H10ClNO3. The molecule has 16 heavy (non-hydrogen) atoms. The first-order valence-corrected chi connectivity index (χ1v) is 5.22. The molecule has 2 rings (SSSR count). The lowest BCUT2D eigenvalue weighted by atomic mass is 9.88. The Morgan fingerprint density at radius 3 is 2.88 bits per heavy atom. The van der Waals surface area contributed by atoms with Gasteiger partial charge in [0.25, 0.3) is 0 Å². The summed E-state index contributed by atoms with van der Waals surface area (Å²) in [5.74, 6) is -2.73. The fourth-order valence-corrected chi connectivity index (χ4v) is 2.14. The van der Waals surface area contributed by atoms with Gasteiger partial charge in [0, 0.05) is 0 Å². The van der Waals surface area contributed by atoms with Crippen LogP contribution in [-0.2, 0) is 9.59 Å². The molecule has 1 aliphatic heterocycles. The van der Waals surface area contributed by atoms with Crippen molar-refractivity contribution >= 4 is 29.2 Å². The zero-order chi connectivity index (χ0) is 11.9. The number of rotatable bonds is 2. The molecule has 0 fully saturated rings. The fourth-order valence-electron chi connectivity index (χ4n) is 1.91. The smallest absolute Gasteiger partial charge is 0.307 e. The number of nitrogens with one attached hydrogen (secondary N) is 1. The van der Waals surface area contributed by atoms with Crippen LogP contribution in [0.3, 0.4) is 0 Å². The molecule has 1 aliphatic rings. The SMILES string of the molecule is CC(C(=O)O)C1C(=O)Nc2c(Cl)cccc21. The van der Waals surface area contributed by atoms with Gasteiger partial charge in [-0.3, -0.25) is 9.59 Å². The van der Waals surface area contributed by atoms with Crippen LogP contribution >= 0.6 is 11.6 Å². The zero-order valence-corrected chi connectivity index (χ0v) is 9.28. The predicted octanol–water partition coefficient (Wildman–Crippen LogP) is 2.10. The minimum absolute atomic E-state index is 0.307. The Kier molecular flexibility index (Phi) is 2.59. The number of benzene rings is 1. The Hall–Kier alpha value is -1.55. The molecule has 1 heterocycles. The average molecular weight is 240 g/mol. The van der Waals surface area contributed by atoms with E-state index in [2.05, 4.69) is 5.32 Å². The van der Waals surface area contributed by atoms with Gasteiger partial charge in [-0.25, -0.2) is 0 Å². The van der Waals surface area contributed by atoms with Crippen molar-refractivity contribution in [3.05, 3.63) is 28.8 Å². The number of amides is 1. The Bertz CT molecular complexity index is 472. The number of carbonyl (C=O) groups is 2. The van der Waals surface area contributed by atoms with E-state index in [-0.39, 0.29) is 5.91 Å². The number of fused-ring (bicyclic) bond motifs is 1. The molecule has 4 nitrogen and oxygen atoms in total. The van der Waals surface area contributed by atoms with E-state index in [1.54, 1.807) is 18.2 Å². The number of aliphatic carboxylic acids is 1. The fraction of sp³-hybridized carbons (Fsp3) is 0.273. The lowest BCUT2D eigenvalue weighted by Crippen LogP contribution is -2.24. The van der Waals surface area contributed by atoms with E-state index in [0.717, 1.165) is 0 Å². The summed E-state index contributed by atoms with van der Waals surface area (Å²) in [6.45, 7) is 1.52. The summed E-state index contributed by atoms with van der Waals surface area (Å²) in [6.07, 6.45) is 0. The van der Waals surface area contributed by atoms with Gasteiger partial charge in [0.2, 0.25) is 5.91 Å². The van der Waals surface area contributed by atoms with Gasteiger partial charge in [-0.1, -0.05) is 30.7 Å². The third-order valence-electron chi connectivity index (χ3n) is 2.80. The summed E-state index contributed by atoms with van der Waals surface area (Å²) in [4.78, 5) is 22.6. The number of hydrogen-bond donors (Lipinski definition) is 2. The molecule has 2 N–H and O–H groups in total. The number of halogens is 1. The Morgan fingerprint density at radius 1 is 1.56 bits per heavy atom. The van der Waals surface area contributed by atoms with Crippen LogP contribution in [0.1, 0.15) is 18.4 Å². The van der Waals surface area contributed by atoms with Gasteiger partial charge in [0.15, 0.2) is 0 Å². The number of hydrogen-bond acceptors (Lipinski definition) is 2. The number of para-hydroxylation sites is 1. The van der Waals surface area contributed by atoms with Crippen LogP contribution in [0.5, 0.6) is 0 Å². The van der Waals surface area contributed by atoms with Crippen molar-refractivity contribution in [1.82, 2.24) is 0 Å². The van der Waals surface area contributed by atoms with Crippen molar-refractivity contribution in [3.8, 4) is 0 Å². The van der Waals surface area contributed by atoms with Crippen LogP contribution in [0.2, 0.25) is 5.02 Å². The lowest BCUT2D eigenvalue weighted by molar-refractivity contribution is -0.143. The highest BCUT2D eigenvalue weighted by Gasteiger charge is 2.38. The largest absolute Gasteiger partial charge is 0.481 e. The maximum absolute atomic E-state index is 11.7. The molecule has 1 amide bonds. The van der Waals surface area contributed by atoms with Crippen LogP contribution in [0.25, 0.3) is 0 Å². The van der Waals surface area contributed by atoms with Crippen molar-refractivity contribution in [2.45, 2.75) is 12.8 Å². The third-order valence-corrected chi connectivity index (χ3v) is 3.12. The first kappa shape index (κ1) is 11.0. The standard InChI is InChI=1S/C11H10ClNO3/c1-5(11(15)16)8-6-3-2-4-7(12)9(6)13-10(8)14/h2-5,8H,1H3,(H,13,14)(H,15,16). The van der Waals surface area contributed by atoms with Crippen LogP contribution in [0, 0.1) is 5.92 Å². The van der Waals surface area contributed by atoms with Gasteiger partial charge in [-0.15, -0.1) is 0 Å². The monoisotopic (exact) mass is 239 g/mol. The number of carboxylic acid groups (broad SMARTS) is 1. The van der Waals surface area contributed by atoms with E-state index in [1.165, 1.54) is 6.92 Å². The van der Waals surface area contributed by atoms with Crippen molar-refractivity contribution in [2.24, 2.45) is 5.92 Å². The Morgan fingerprint density at radius 2 is 2.25 bits per heavy atom. The Labute approximate surface area is 97.2 Å². The van der Waals surface area contributed by atoms with E-state index in [1.807, 2.05) is 0 Å². The van der Waals surface area contributed by atoms with Crippen LogP contribution < -0.4 is 5.32 Å². The maximum atomic E-state index is 11.7. The minimum atomic E-state index is -0.993. The van der Waals surface area contributed by atoms with Crippen molar-refractivity contribution in [3.63, 3.8) is 0 Å². The molecule has 0 radical (unpaired) electrons. The number of carboxylic acids is 1. The molecule has 0 saturated carbocycles. The van der Waals surface area contributed by atoms with Crippen LogP contribution in [0.15, 0.2) is 18.2 Å². The summed E-state index contributed by atoms with van der Waals surface area (Å²) in [5.41, 5.74) is 1.19. The molecule has 0 spiro atoms. The predicted molar refractivity (Wildman–Crippen MR) is 59.6 cm³/mol. The van der Waals surface area contributed by atoms with Crippen molar-refractivity contribution < 1.29 is 14.7 Å². The number of anilines is 1. The minimum Gasteiger partial charge on any atom is -0.481 e. The second-order valence-electron chi connectivity index (χ2n) is 3.80. The van der Waals surface area contributed by atoms with Gasteiger partial charge >= 0.3 is 5.97 Å². The second kappa shape index (κ2) is 3.79. The van der Waals surface area contributed by atoms with E-state index in [9.17, 15) is 9.59 Å². The van der Waals surface area contributed by atoms with Gasteiger partial charge in [-0.2, -0.15) is 0 Å².